The zero-order valence-corrected chi connectivity index (χ0v) is 11.9. The standard InChI is InChI=1S/C15H17ClN2O2/c16-14-9-13(2-1-11(14)10-17)18-12-3-5-15(6-4-12)19-7-8-20-15/h1-2,9,12,18H,3-8H2. The van der Waals surface area contributed by atoms with Crippen molar-refractivity contribution in [2.24, 2.45) is 0 Å². The molecule has 1 aromatic carbocycles. The topological polar surface area (TPSA) is 54.3 Å². The molecule has 3 rings (SSSR count). The highest BCUT2D eigenvalue weighted by Crippen LogP contribution is 2.36. The van der Waals surface area contributed by atoms with Gasteiger partial charge in [0, 0.05) is 24.6 Å². The minimum absolute atomic E-state index is 0.319. The van der Waals surface area contributed by atoms with Crippen LogP contribution in [-0.4, -0.2) is 25.0 Å². The Balaban J connectivity index is 1.59. The fraction of sp³-hybridized carbons (Fsp3) is 0.533. The Morgan fingerprint density at radius 3 is 2.55 bits per heavy atom. The van der Waals surface area contributed by atoms with Crippen LogP contribution < -0.4 is 5.32 Å². The van der Waals surface area contributed by atoms with Crippen molar-refractivity contribution in [2.45, 2.75) is 37.5 Å². The number of rotatable bonds is 2. The van der Waals surface area contributed by atoms with Gasteiger partial charge in [-0.1, -0.05) is 11.6 Å². The van der Waals surface area contributed by atoms with Crippen LogP contribution >= 0.6 is 11.6 Å². The predicted molar refractivity (Wildman–Crippen MR) is 76.7 cm³/mol. The number of nitrogens with zero attached hydrogens (tertiary/aromatic N) is 1. The van der Waals surface area contributed by atoms with Crippen molar-refractivity contribution in [1.29, 1.82) is 5.26 Å². The summed E-state index contributed by atoms with van der Waals surface area (Å²) < 4.78 is 11.4. The Kier molecular flexibility index (Phi) is 3.84. The molecule has 106 valence electrons. The van der Waals surface area contributed by atoms with Crippen LogP contribution in [0.2, 0.25) is 5.02 Å². The van der Waals surface area contributed by atoms with Gasteiger partial charge in [-0.25, -0.2) is 0 Å². The van der Waals surface area contributed by atoms with Crippen molar-refractivity contribution in [3.05, 3.63) is 28.8 Å². The second-order valence-corrected chi connectivity index (χ2v) is 5.74. The van der Waals surface area contributed by atoms with Crippen molar-refractivity contribution >= 4 is 17.3 Å². The molecular formula is C15H17ClN2O2. The Morgan fingerprint density at radius 1 is 1.25 bits per heavy atom. The van der Waals surface area contributed by atoms with Crippen LogP contribution in [0.5, 0.6) is 0 Å². The Morgan fingerprint density at radius 2 is 1.95 bits per heavy atom. The van der Waals surface area contributed by atoms with Gasteiger partial charge in [0.1, 0.15) is 6.07 Å². The molecule has 0 unspecified atom stereocenters. The van der Waals surface area contributed by atoms with E-state index in [2.05, 4.69) is 11.4 Å². The quantitative estimate of drug-likeness (QED) is 0.908. The molecule has 1 saturated heterocycles. The van der Waals surface area contributed by atoms with Crippen molar-refractivity contribution in [1.82, 2.24) is 0 Å². The van der Waals surface area contributed by atoms with E-state index in [1.807, 2.05) is 12.1 Å². The van der Waals surface area contributed by atoms with E-state index >= 15 is 0 Å². The summed E-state index contributed by atoms with van der Waals surface area (Å²) in [7, 11) is 0. The van der Waals surface area contributed by atoms with Crippen molar-refractivity contribution in [3.63, 3.8) is 0 Å². The van der Waals surface area contributed by atoms with Crippen LogP contribution in [0.4, 0.5) is 5.69 Å². The molecule has 0 bridgehead atoms. The smallest absolute Gasteiger partial charge is 0.168 e. The van der Waals surface area contributed by atoms with Gasteiger partial charge < -0.3 is 14.8 Å². The minimum Gasteiger partial charge on any atom is -0.382 e. The molecule has 0 radical (unpaired) electrons. The molecule has 0 amide bonds. The van der Waals surface area contributed by atoms with Gasteiger partial charge in [0.2, 0.25) is 0 Å². The third-order valence-corrected chi connectivity index (χ3v) is 4.33. The summed E-state index contributed by atoms with van der Waals surface area (Å²) in [6.07, 6.45) is 3.87. The fourth-order valence-electron chi connectivity index (χ4n) is 2.92. The summed E-state index contributed by atoms with van der Waals surface area (Å²) in [6, 6.07) is 7.93. The highest BCUT2D eigenvalue weighted by Gasteiger charge is 2.40. The number of nitrogens with one attached hydrogen (secondary N) is 1. The van der Waals surface area contributed by atoms with Crippen molar-refractivity contribution < 1.29 is 9.47 Å². The summed E-state index contributed by atoms with van der Waals surface area (Å²) >= 11 is 6.04. The van der Waals surface area contributed by atoms with Crippen LogP contribution in [-0.2, 0) is 9.47 Å². The molecule has 1 saturated carbocycles. The van der Waals surface area contributed by atoms with Crippen LogP contribution in [0.3, 0.4) is 0 Å². The lowest BCUT2D eigenvalue weighted by molar-refractivity contribution is -0.177. The van der Waals surface area contributed by atoms with Gasteiger partial charge in [0.15, 0.2) is 5.79 Å². The summed E-state index contributed by atoms with van der Waals surface area (Å²) in [5, 5.41) is 12.8. The Labute approximate surface area is 123 Å². The van der Waals surface area contributed by atoms with E-state index in [0.717, 1.165) is 31.4 Å². The molecule has 1 heterocycles. The summed E-state index contributed by atoms with van der Waals surface area (Å²) in [5.41, 5.74) is 1.47. The second kappa shape index (κ2) is 5.61. The lowest BCUT2D eigenvalue weighted by Gasteiger charge is -2.36. The van der Waals surface area contributed by atoms with E-state index in [1.54, 1.807) is 6.07 Å². The first-order chi connectivity index (χ1) is 9.71. The molecule has 2 fully saturated rings. The van der Waals surface area contributed by atoms with E-state index in [4.69, 9.17) is 26.3 Å². The van der Waals surface area contributed by atoms with Gasteiger partial charge in [-0.15, -0.1) is 0 Å². The SMILES string of the molecule is N#Cc1ccc(NC2CCC3(CC2)OCCO3)cc1Cl. The van der Waals surface area contributed by atoms with Crippen LogP contribution in [0.15, 0.2) is 18.2 Å². The number of halogens is 1. The van der Waals surface area contributed by atoms with E-state index in [-0.39, 0.29) is 5.79 Å². The molecule has 1 N–H and O–H groups in total. The molecule has 1 spiro atoms. The zero-order valence-electron chi connectivity index (χ0n) is 11.2. The maximum absolute atomic E-state index is 8.87. The molecular weight excluding hydrogens is 276 g/mol. The van der Waals surface area contributed by atoms with Crippen molar-refractivity contribution in [3.8, 4) is 6.07 Å². The van der Waals surface area contributed by atoms with Gasteiger partial charge in [-0.05, 0) is 31.0 Å². The summed E-state index contributed by atoms with van der Waals surface area (Å²) in [6.45, 7) is 1.42. The molecule has 1 aromatic rings. The molecule has 20 heavy (non-hydrogen) atoms. The first-order valence-corrected chi connectivity index (χ1v) is 7.33. The second-order valence-electron chi connectivity index (χ2n) is 5.33. The van der Waals surface area contributed by atoms with E-state index < -0.39 is 0 Å². The third-order valence-electron chi connectivity index (χ3n) is 4.02. The van der Waals surface area contributed by atoms with Gasteiger partial charge in [-0.2, -0.15) is 5.26 Å². The Bertz CT molecular complexity index is 525. The van der Waals surface area contributed by atoms with E-state index in [0.29, 0.717) is 29.8 Å². The average molecular weight is 293 g/mol. The zero-order chi connectivity index (χ0) is 14.0. The number of hydrogen-bond acceptors (Lipinski definition) is 4. The average Bonchev–Trinajstić information content (AvgIpc) is 2.90. The van der Waals surface area contributed by atoms with Gasteiger partial charge in [0.25, 0.3) is 0 Å². The fourth-order valence-corrected chi connectivity index (χ4v) is 3.14. The first kappa shape index (κ1) is 13.7. The van der Waals surface area contributed by atoms with E-state index in [1.165, 1.54) is 0 Å². The van der Waals surface area contributed by atoms with E-state index in [9.17, 15) is 0 Å². The predicted octanol–water partition coefficient (Wildman–Crippen LogP) is 3.31. The van der Waals surface area contributed by atoms with Gasteiger partial charge in [0.05, 0.1) is 23.8 Å². The molecule has 0 atom stereocenters. The molecule has 0 aromatic heterocycles. The summed E-state index contributed by atoms with van der Waals surface area (Å²) in [4.78, 5) is 0. The van der Waals surface area contributed by atoms with Gasteiger partial charge >= 0.3 is 0 Å². The first-order valence-electron chi connectivity index (χ1n) is 6.95. The number of nitriles is 1. The lowest BCUT2D eigenvalue weighted by Crippen LogP contribution is -2.39. The van der Waals surface area contributed by atoms with Crippen LogP contribution in [0.1, 0.15) is 31.2 Å². The largest absolute Gasteiger partial charge is 0.382 e. The normalized spacial score (nSPS) is 21.8. The number of anilines is 1. The van der Waals surface area contributed by atoms with Crippen LogP contribution in [0.25, 0.3) is 0 Å². The van der Waals surface area contributed by atoms with Gasteiger partial charge in [-0.3, -0.25) is 0 Å². The maximum atomic E-state index is 8.87. The molecule has 5 heteroatoms. The molecule has 2 aliphatic rings. The third kappa shape index (κ3) is 2.76. The van der Waals surface area contributed by atoms with Crippen molar-refractivity contribution in [2.75, 3.05) is 18.5 Å². The minimum atomic E-state index is -0.319. The monoisotopic (exact) mass is 292 g/mol. The summed E-state index contributed by atoms with van der Waals surface area (Å²) in [5.74, 6) is -0.319. The highest BCUT2D eigenvalue weighted by atomic mass is 35.5. The number of benzene rings is 1. The molecule has 1 aliphatic heterocycles. The lowest BCUT2D eigenvalue weighted by atomic mass is 9.90. The number of ether oxygens (including phenoxy) is 2. The maximum Gasteiger partial charge on any atom is 0.168 e. The Hall–Kier alpha value is -1.28. The highest BCUT2D eigenvalue weighted by molar-refractivity contribution is 6.32. The van der Waals surface area contributed by atoms with Crippen LogP contribution in [0, 0.1) is 11.3 Å². The molecule has 1 aliphatic carbocycles. The number of hydrogen-bond donors (Lipinski definition) is 1. The molecule has 4 nitrogen and oxygen atoms in total.